The molecule has 1 fully saturated rings. The van der Waals surface area contributed by atoms with Crippen LogP contribution in [0.4, 0.5) is 30.5 Å². The Morgan fingerprint density at radius 1 is 1.16 bits per heavy atom. The lowest BCUT2D eigenvalue weighted by Crippen LogP contribution is -2.19. The Labute approximate surface area is 143 Å². The van der Waals surface area contributed by atoms with Gasteiger partial charge in [0.25, 0.3) is 0 Å². The fourth-order valence-electron chi connectivity index (χ4n) is 2.64. The lowest BCUT2D eigenvalue weighted by Gasteiger charge is -2.13. The number of nitrogens with one attached hydrogen (secondary N) is 2. The predicted octanol–water partition coefficient (Wildman–Crippen LogP) is 4.14. The molecule has 1 aliphatic heterocycles. The Hall–Kier alpha value is -2.35. The third-order valence-corrected chi connectivity index (χ3v) is 3.86. The maximum Gasteiger partial charge on any atom is 0.416 e. The highest BCUT2D eigenvalue weighted by molar-refractivity contribution is 5.59. The third-order valence-electron chi connectivity index (χ3n) is 3.86. The maximum absolute atomic E-state index is 12.6. The summed E-state index contributed by atoms with van der Waals surface area (Å²) in [7, 11) is 0. The number of hydrogen-bond donors (Lipinski definition) is 2. The molecule has 0 radical (unpaired) electrons. The summed E-state index contributed by atoms with van der Waals surface area (Å²) in [6.45, 7) is 3.21. The van der Waals surface area contributed by atoms with Gasteiger partial charge in [-0.15, -0.1) is 0 Å². The van der Waals surface area contributed by atoms with Crippen molar-refractivity contribution in [2.24, 2.45) is 0 Å². The van der Waals surface area contributed by atoms with E-state index in [1.54, 1.807) is 13.0 Å². The average molecular weight is 352 g/mol. The van der Waals surface area contributed by atoms with Gasteiger partial charge in [0.1, 0.15) is 17.5 Å². The molecule has 5 nitrogen and oxygen atoms in total. The van der Waals surface area contributed by atoms with Crippen LogP contribution in [0.2, 0.25) is 0 Å². The van der Waals surface area contributed by atoms with Gasteiger partial charge in [-0.25, -0.2) is 9.97 Å². The molecule has 1 aliphatic rings. The first-order valence-corrected chi connectivity index (χ1v) is 8.05. The first-order chi connectivity index (χ1) is 11.9. The van der Waals surface area contributed by atoms with Crippen LogP contribution in [-0.2, 0) is 10.9 Å². The van der Waals surface area contributed by atoms with E-state index >= 15 is 0 Å². The molecule has 0 amide bonds. The summed E-state index contributed by atoms with van der Waals surface area (Å²) in [6.07, 6.45) is -2.07. The molecule has 0 spiro atoms. The quantitative estimate of drug-likeness (QED) is 0.847. The minimum atomic E-state index is -4.34. The van der Waals surface area contributed by atoms with Gasteiger partial charge in [-0.2, -0.15) is 13.2 Å². The number of rotatable bonds is 5. The molecule has 3 rings (SSSR count). The van der Waals surface area contributed by atoms with E-state index in [4.69, 9.17) is 4.74 Å². The van der Waals surface area contributed by atoms with Gasteiger partial charge in [-0.3, -0.25) is 0 Å². The summed E-state index contributed by atoms with van der Waals surface area (Å²) in [6, 6.07) is 6.54. The largest absolute Gasteiger partial charge is 0.416 e. The Kier molecular flexibility index (Phi) is 5.08. The Bertz CT molecular complexity index is 713. The normalized spacial score (nSPS) is 17.5. The van der Waals surface area contributed by atoms with Crippen LogP contribution in [-0.4, -0.2) is 29.2 Å². The summed E-state index contributed by atoms with van der Waals surface area (Å²) in [4.78, 5) is 8.58. The van der Waals surface area contributed by atoms with E-state index in [-0.39, 0.29) is 6.10 Å². The highest BCUT2D eigenvalue weighted by Crippen LogP contribution is 2.30. The standard InChI is InChI=1S/C17H19F3N4O/c1-11-22-15(21-10-14-3-2-8-25-14)9-16(23-11)24-13-6-4-12(5-7-13)17(18,19)20/h4-7,9,14H,2-3,8,10H2,1H3,(H2,21,22,23,24). The van der Waals surface area contributed by atoms with Crippen molar-refractivity contribution < 1.29 is 17.9 Å². The number of nitrogens with zero attached hydrogens (tertiary/aromatic N) is 2. The molecule has 0 saturated carbocycles. The van der Waals surface area contributed by atoms with Crippen LogP contribution < -0.4 is 10.6 Å². The van der Waals surface area contributed by atoms with Gasteiger partial charge in [-0.1, -0.05) is 0 Å². The monoisotopic (exact) mass is 352 g/mol. The van der Waals surface area contributed by atoms with Crippen molar-refractivity contribution >= 4 is 17.3 Å². The van der Waals surface area contributed by atoms with Crippen LogP contribution in [0.15, 0.2) is 30.3 Å². The minimum Gasteiger partial charge on any atom is -0.376 e. The summed E-state index contributed by atoms with van der Waals surface area (Å²) in [5, 5.41) is 6.22. The molecule has 2 aromatic rings. The lowest BCUT2D eigenvalue weighted by molar-refractivity contribution is -0.137. The molecule has 1 saturated heterocycles. The van der Waals surface area contributed by atoms with E-state index in [0.29, 0.717) is 29.7 Å². The first kappa shape index (κ1) is 17.5. The van der Waals surface area contributed by atoms with Crippen molar-refractivity contribution in [3.05, 3.63) is 41.7 Å². The molecule has 0 bridgehead atoms. The lowest BCUT2D eigenvalue weighted by atomic mass is 10.2. The highest BCUT2D eigenvalue weighted by Gasteiger charge is 2.29. The molecule has 1 unspecified atom stereocenters. The molecule has 1 aromatic carbocycles. The fraction of sp³-hybridized carbons (Fsp3) is 0.412. The Balaban J connectivity index is 1.67. The molecule has 2 heterocycles. The summed E-state index contributed by atoms with van der Waals surface area (Å²) < 4.78 is 43.4. The average Bonchev–Trinajstić information content (AvgIpc) is 3.05. The first-order valence-electron chi connectivity index (χ1n) is 8.05. The second-order valence-corrected chi connectivity index (χ2v) is 5.90. The van der Waals surface area contributed by atoms with Crippen molar-refractivity contribution in [2.75, 3.05) is 23.8 Å². The third kappa shape index (κ3) is 4.82. The van der Waals surface area contributed by atoms with E-state index in [2.05, 4.69) is 20.6 Å². The van der Waals surface area contributed by atoms with E-state index in [1.807, 2.05) is 0 Å². The molecule has 1 atom stereocenters. The molecule has 1 aromatic heterocycles. The van der Waals surface area contributed by atoms with Gasteiger partial charge in [0, 0.05) is 24.9 Å². The van der Waals surface area contributed by atoms with E-state index < -0.39 is 11.7 Å². The molecule has 8 heteroatoms. The summed E-state index contributed by atoms with van der Waals surface area (Å²) in [5.41, 5.74) is -0.160. The van der Waals surface area contributed by atoms with E-state index in [1.165, 1.54) is 12.1 Å². The molecular weight excluding hydrogens is 333 g/mol. The number of hydrogen-bond acceptors (Lipinski definition) is 5. The molecule has 2 N–H and O–H groups in total. The Morgan fingerprint density at radius 3 is 2.52 bits per heavy atom. The zero-order chi connectivity index (χ0) is 17.9. The van der Waals surface area contributed by atoms with Crippen LogP contribution in [0.1, 0.15) is 24.2 Å². The highest BCUT2D eigenvalue weighted by atomic mass is 19.4. The topological polar surface area (TPSA) is 59.1 Å². The van der Waals surface area contributed by atoms with Crippen molar-refractivity contribution in [1.82, 2.24) is 9.97 Å². The predicted molar refractivity (Wildman–Crippen MR) is 89.0 cm³/mol. The molecule has 25 heavy (non-hydrogen) atoms. The van der Waals surface area contributed by atoms with E-state index in [9.17, 15) is 13.2 Å². The number of anilines is 3. The van der Waals surface area contributed by atoms with Gasteiger partial charge in [0.15, 0.2) is 0 Å². The second kappa shape index (κ2) is 7.26. The van der Waals surface area contributed by atoms with Crippen LogP contribution in [0.3, 0.4) is 0 Å². The number of aryl methyl sites for hydroxylation is 1. The van der Waals surface area contributed by atoms with Crippen LogP contribution >= 0.6 is 0 Å². The number of benzene rings is 1. The van der Waals surface area contributed by atoms with Gasteiger partial charge in [0.05, 0.1) is 11.7 Å². The SMILES string of the molecule is Cc1nc(NCC2CCCO2)cc(Nc2ccc(C(F)(F)F)cc2)n1. The zero-order valence-corrected chi connectivity index (χ0v) is 13.7. The minimum absolute atomic E-state index is 0.182. The second-order valence-electron chi connectivity index (χ2n) is 5.90. The number of aromatic nitrogens is 2. The van der Waals surface area contributed by atoms with Crippen molar-refractivity contribution in [3.8, 4) is 0 Å². The van der Waals surface area contributed by atoms with Gasteiger partial charge >= 0.3 is 6.18 Å². The molecule has 0 aliphatic carbocycles. The smallest absolute Gasteiger partial charge is 0.376 e. The van der Waals surface area contributed by atoms with Crippen LogP contribution in [0.5, 0.6) is 0 Å². The van der Waals surface area contributed by atoms with Gasteiger partial charge < -0.3 is 15.4 Å². The van der Waals surface area contributed by atoms with Crippen molar-refractivity contribution in [1.29, 1.82) is 0 Å². The van der Waals surface area contributed by atoms with Crippen LogP contribution in [0, 0.1) is 6.92 Å². The van der Waals surface area contributed by atoms with Crippen LogP contribution in [0.25, 0.3) is 0 Å². The number of ether oxygens (including phenoxy) is 1. The molecular formula is C17H19F3N4O. The number of halogens is 3. The number of alkyl halides is 3. The van der Waals surface area contributed by atoms with Gasteiger partial charge in [0.2, 0.25) is 0 Å². The van der Waals surface area contributed by atoms with Crippen molar-refractivity contribution in [2.45, 2.75) is 32.0 Å². The maximum atomic E-state index is 12.6. The Morgan fingerprint density at radius 2 is 1.88 bits per heavy atom. The summed E-state index contributed by atoms with van der Waals surface area (Å²) in [5.74, 6) is 1.73. The van der Waals surface area contributed by atoms with Crippen molar-refractivity contribution in [3.63, 3.8) is 0 Å². The summed E-state index contributed by atoms with van der Waals surface area (Å²) >= 11 is 0. The zero-order valence-electron chi connectivity index (χ0n) is 13.7. The van der Waals surface area contributed by atoms with Gasteiger partial charge in [-0.05, 0) is 44.0 Å². The molecule has 134 valence electrons. The fourth-order valence-corrected chi connectivity index (χ4v) is 2.64. The van der Waals surface area contributed by atoms with E-state index in [0.717, 1.165) is 31.6 Å².